The highest BCUT2D eigenvalue weighted by molar-refractivity contribution is 9.10. The van der Waals surface area contributed by atoms with E-state index in [0.29, 0.717) is 17.3 Å². The summed E-state index contributed by atoms with van der Waals surface area (Å²) in [4.78, 5) is 4.42. The van der Waals surface area contributed by atoms with Gasteiger partial charge in [0.05, 0.1) is 6.26 Å². The van der Waals surface area contributed by atoms with Crippen molar-refractivity contribution < 1.29 is 4.42 Å². The second-order valence-electron chi connectivity index (χ2n) is 3.40. The lowest BCUT2D eigenvalue weighted by atomic mass is 10.3. The predicted octanol–water partition coefficient (Wildman–Crippen LogP) is 2.94. The monoisotopic (exact) mass is 277 g/mol. The zero-order valence-electron chi connectivity index (χ0n) is 8.22. The van der Waals surface area contributed by atoms with Gasteiger partial charge >= 0.3 is 0 Å². The van der Waals surface area contributed by atoms with Crippen molar-refractivity contribution in [3.63, 3.8) is 0 Å². The van der Waals surface area contributed by atoms with Crippen molar-refractivity contribution in [3.05, 3.63) is 41.2 Å². The average Bonchev–Trinajstić information content (AvgIpc) is 2.87. The molecule has 0 amide bonds. The number of nitrogens with two attached hydrogens (primary N) is 1. The van der Waals surface area contributed by atoms with E-state index < -0.39 is 0 Å². The Labute approximate surface area is 99.8 Å². The van der Waals surface area contributed by atoms with Gasteiger partial charge in [0.25, 0.3) is 0 Å². The quantitative estimate of drug-likeness (QED) is 0.744. The molecular weight excluding hydrogens is 270 g/mol. The second-order valence-corrected chi connectivity index (χ2v) is 4.31. The van der Waals surface area contributed by atoms with E-state index in [9.17, 15) is 0 Å². The number of fused-ring (bicyclic) bond motifs is 1. The van der Waals surface area contributed by atoms with Gasteiger partial charge in [-0.3, -0.25) is 4.40 Å². The van der Waals surface area contributed by atoms with Gasteiger partial charge in [-0.25, -0.2) is 4.98 Å². The number of hydrogen-bond acceptors (Lipinski definition) is 3. The van der Waals surface area contributed by atoms with Gasteiger partial charge in [0.1, 0.15) is 17.2 Å². The number of nitrogen functional groups attached to an aromatic ring is 1. The third-order valence-electron chi connectivity index (χ3n) is 2.37. The number of furan rings is 1. The van der Waals surface area contributed by atoms with Crippen LogP contribution in [0.25, 0.3) is 17.1 Å². The third-order valence-corrected chi connectivity index (χ3v) is 2.84. The molecule has 5 heteroatoms. The molecular formula is C11H8BrN3O. The van der Waals surface area contributed by atoms with Gasteiger partial charge in [-0.2, -0.15) is 0 Å². The number of nitrogens with zero attached hydrogens (tertiary/aromatic N) is 2. The molecule has 0 saturated heterocycles. The van der Waals surface area contributed by atoms with Crippen LogP contribution < -0.4 is 5.73 Å². The Bertz CT molecular complexity index is 643. The van der Waals surface area contributed by atoms with Gasteiger partial charge in [-0.05, 0) is 40.2 Å². The molecule has 2 N–H and O–H groups in total. The van der Waals surface area contributed by atoms with Crippen LogP contribution in [0.15, 0.2) is 45.6 Å². The molecule has 0 aliphatic heterocycles. The van der Waals surface area contributed by atoms with E-state index in [1.54, 1.807) is 6.26 Å². The van der Waals surface area contributed by atoms with Crippen LogP contribution in [-0.4, -0.2) is 9.38 Å². The first kappa shape index (κ1) is 9.47. The minimum Gasteiger partial charge on any atom is -0.463 e. The third kappa shape index (κ3) is 1.32. The van der Waals surface area contributed by atoms with Gasteiger partial charge < -0.3 is 10.2 Å². The maximum absolute atomic E-state index is 6.02. The highest BCUT2D eigenvalue weighted by atomic mass is 79.9. The maximum Gasteiger partial charge on any atom is 0.156 e. The van der Waals surface area contributed by atoms with E-state index in [1.165, 1.54) is 0 Å². The minimum atomic E-state index is 0.575. The maximum atomic E-state index is 6.02. The number of aromatic nitrogens is 2. The topological polar surface area (TPSA) is 56.5 Å². The molecule has 0 fully saturated rings. The van der Waals surface area contributed by atoms with Gasteiger partial charge in [0, 0.05) is 10.7 Å². The lowest BCUT2D eigenvalue weighted by molar-refractivity contribution is 0.581. The molecule has 0 spiro atoms. The molecule has 0 aromatic carbocycles. The summed E-state index contributed by atoms with van der Waals surface area (Å²) in [6.07, 6.45) is 3.48. The summed E-state index contributed by atoms with van der Waals surface area (Å²) in [5, 5.41) is 0. The van der Waals surface area contributed by atoms with Crippen LogP contribution in [-0.2, 0) is 0 Å². The number of anilines is 1. The summed E-state index contributed by atoms with van der Waals surface area (Å²) in [6.45, 7) is 0. The van der Waals surface area contributed by atoms with E-state index in [2.05, 4.69) is 20.9 Å². The first-order valence-corrected chi connectivity index (χ1v) is 5.52. The molecule has 4 nitrogen and oxygen atoms in total. The molecule has 0 bridgehead atoms. The largest absolute Gasteiger partial charge is 0.463 e. The zero-order valence-corrected chi connectivity index (χ0v) is 9.81. The number of pyridine rings is 1. The minimum absolute atomic E-state index is 0.575. The lowest BCUT2D eigenvalue weighted by Gasteiger charge is -1.96. The Morgan fingerprint density at radius 1 is 1.31 bits per heavy atom. The molecule has 0 radical (unpaired) electrons. The zero-order chi connectivity index (χ0) is 11.1. The molecule has 3 aromatic heterocycles. The Kier molecular flexibility index (Phi) is 2.00. The van der Waals surface area contributed by atoms with E-state index in [1.807, 2.05) is 34.9 Å². The molecule has 3 heterocycles. The number of imidazole rings is 1. The molecule has 0 unspecified atom stereocenters. The first-order chi connectivity index (χ1) is 7.75. The number of halogens is 1. The summed E-state index contributed by atoms with van der Waals surface area (Å²) in [5.74, 6) is 1.25. The fourth-order valence-corrected chi connectivity index (χ4v) is 1.97. The Morgan fingerprint density at radius 2 is 2.19 bits per heavy atom. The van der Waals surface area contributed by atoms with Crippen molar-refractivity contribution in [2.24, 2.45) is 0 Å². The van der Waals surface area contributed by atoms with E-state index in [-0.39, 0.29) is 0 Å². The van der Waals surface area contributed by atoms with Gasteiger partial charge in [-0.1, -0.05) is 0 Å². The highest BCUT2D eigenvalue weighted by Crippen LogP contribution is 2.27. The molecule has 80 valence electrons. The van der Waals surface area contributed by atoms with Crippen LogP contribution in [0.1, 0.15) is 0 Å². The summed E-state index contributed by atoms with van der Waals surface area (Å²) in [5.41, 5.74) is 7.49. The van der Waals surface area contributed by atoms with Crippen molar-refractivity contribution in [1.29, 1.82) is 0 Å². The predicted molar refractivity (Wildman–Crippen MR) is 65.0 cm³/mol. The fourth-order valence-electron chi connectivity index (χ4n) is 1.63. The lowest BCUT2D eigenvalue weighted by Crippen LogP contribution is -1.93. The normalized spacial score (nSPS) is 11.1. The molecule has 3 aromatic rings. The van der Waals surface area contributed by atoms with E-state index in [4.69, 9.17) is 10.2 Å². The standard InChI is InChI=1S/C11H8BrN3O/c12-7-3-4-9-14-10(8-2-1-5-16-8)11(13)15(9)6-7/h1-6H,13H2. The SMILES string of the molecule is Nc1c(-c2ccco2)nc2ccc(Br)cn12. The van der Waals surface area contributed by atoms with Crippen LogP contribution >= 0.6 is 15.9 Å². The second kappa shape index (κ2) is 3.38. The van der Waals surface area contributed by atoms with Crippen LogP contribution in [0.5, 0.6) is 0 Å². The van der Waals surface area contributed by atoms with Crippen molar-refractivity contribution in [3.8, 4) is 11.5 Å². The van der Waals surface area contributed by atoms with Gasteiger partial charge in [-0.15, -0.1) is 0 Å². The van der Waals surface area contributed by atoms with Gasteiger partial charge in [0.2, 0.25) is 0 Å². The van der Waals surface area contributed by atoms with E-state index in [0.717, 1.165) is 10.1 Å². The average molecular weight is 278 g/mol. The molecule has 16 heavy (non-hydrogen) atoms. The summed E-state index contributed by atoms with van der Waals surface area (Å²) in [7, 11) is 0. The Balaban J connectivity index is 2.32. The van der Waals surface area contributed by atoms with Crippen LogP contribution in [0.2, 0.25) is 0 Å². The summed E-state index contributed by atoms with van der Waals surface area (Å²) >= 11 is 3.40. The van der Waals surface area contributed by atoms with Gasteiger partial charge in [0.15, 0.2) is 5.76 Å². The van der Waals surface area contributed by atoms with Crippen LogP contribution in [0, 0.1) is 0 Å². The molecule has 0 aliphatic carbocycles. The summed E-state index contributed by atoms with van der Waals surface area (Å²) in [6, 6.07) is 7.47. The fraction of sp³-hybridized carbons (Fsp3) is 0. The molecule has 0 atom stereocenters. The number of rotatable bonds is 1. The van der Waals surface area contributed by atoms with Crippen molar-refractivity contribution in [2.45, 2.75) is 0 Å². The molecule has 3 rings (SSSR count). The highest BCUT2D eigenvalue weighted by Gasteiger charge is 2.13. The van der Waals surface area contributed by atoms with Crippen molar-refractivity contribution >= 4 is 27.4 Å². The molecule has 0 aliphatic rings. The van der Waals surface area contributed by atoms with Crippen LogP contribution in [0.3, 0.4) is 0 Å². The summed E-state index contributed by atoms with van der Waals surface area (Å²) < 4.78 is 8.07. The smallest absolute Gasteiger partial charge is 0.156 e. The van der Waals surface area contributed by atoms with Crippen molar-refractivity contribution in [1.82, 2.24) is 9.38 Å². The van der Waals surface area contributed by atoms with Crippen molar-refractivity contribution in [2.75, 3.05) is 5.73 Å². The molecule has 0 saturated carbocycles. The first-order valence-electron chi connectivity index (χ1n) is 4.72. The van der Waals surface area contributed by atoms with Crippen LogP contribution in [0.4, 0.5) is 5.82 Å². The Hall–Kier alpha value is -1.75. The van der Waals surface area contributed by atoms with E-state index >= 15 is 0 Å². The Morgan fingerprint density at radius 3 is 2.94 bits per heavy atom. The number of hydrogen-bond donors (Lipinski definition) is 1.